The van der Waals surface area contributed by atoms with Gasteiger partial charge in [-0.05, 0) is 49.1 Å². The number of carbonyl (C=O) groups excluding carboxylic acids is 7. The van der Waals surface area contributed by atoms with Crippen LogP contribution >= 0.6 is 0 Å². The topological polar surface area (TPSA) is 255 Å². The van der Waals surface area contributed by atoms with Gasteiger partial charge in [0.25, 0.3) is 27.7 Å². The van der Waals surface area contributed by atoms with Crippen LogP contribution in [0.3, 0.4) is 0 Å². The van der Waals surface area contributed by atoms with E-state index < -0.39 is 87.9 Å². The fourth-order valence-corrected chi connectivity index (χ4v) is 8.92. The van der Waals surface area contributed by atoms with Crippen molar-refractivity contribution >= 4 is 67.7 Å². The van der Waals surface area contributed by atoms with Crippen LogP contribution in [0.5, 0.6) is 0 Å². The second kappa shape index (κ2) is 23.6. The Morgan fingerprint density at radius 1 is 0.766 bits per heavy atom. The molecule has 18 nitrogen and oxygen atoms in total. The summed E-state index contributed by atoms with van der Waals surface area (Å²) in [4.78, 5) is 104. The molecule has 4 rings (SSSR count). The smallest absolute Gasteiger partial charge is 0.290 e. The van der Waals surface area contributed by atoms with Gasteiger partial charge in [-0.15, -0.1) is 0 Å². The van der Waals surface area contributed by atoms with Crippen LogP contribution in [0.4, 0.5) is 5.69 Å². The first-order valence-corrected chi connectivity index (χ1v) is 23.4. The quantitative estimate of drug-likeness (QED) is 0.0797. The largest absolute Gasteiger partial charge is 0.377 e. The second-order valence-electron chi connectivity index (χ2n) is 17.0. The number of ketones is 1. The van der Waals surface area contributed by atoms with Crippen LogP contribution < -0.4 is 36.2 Å². The molecule has 0 saturated heterocycles. The highest BCUT2D eigenvalue weighted by Gasteiger charge is 2.36. The van der Waals surface area contributed by atoms with Crippen LogP contribution in [0.1, 0.15) is 103 Å². The van der Waals surface area contributed by atoms with Gasteiger partial charge in [0.2, 0.25) is 23.5 Å². The summed E-state index contributed by atoms with van der Waals surface area (Å²) in [6.07, 6.45) is 9.57. The van der Waals surface area contributed by atoms with Gasteiger partial charge in [-0.1, -0.05) is 97.4 Å². The van der Waals surface area contributed by atoms with Gasteiger partial charge in [-0.25, -0.2) is 18.1 Å². The minimum Gasteiger partial charge on any atom is -0.377 e. The van der Waals surface area contributed by atoms with Crippen molar-refractivity contribution in [2.24, 2.45) is 17.8 Å². The maximum atomic E-state index is 14.1. The fraction of sp³-hybridized carbons (Fsp3) is 0.533. The maximum Gasteiger partial charge on any atom is 0.290 e. The molecule has 0 bridgehead atoms. The number of anilines is 1. The molecule has 1 unspecified atom stereocenters. The molecule has 64 heavy (non-hydrogen) atoms. The molecule has 2 aromatic carbocycles. The normalized spacial score (nSPS) is 15.4. The Morgan fingerprint density at radius 3 is 2.05 bits per heavy atom. The average molecular weight is 906 g/mol. The lowest BCUT2D eigenvalue weighted by atomic mass is 9.84. The number of nitrogens with one attached hydrogen (secondary N) is 6. The monoisotopic (exact) mass is 905 g/mol. The number of amides is 6. The number of carbonyl (C=O) groups is 7. The third kappa shape index (κ3) is 14.0. The molecule has 6 N–H and O–H groups in total. The zero-order chi connectivity index (χ0) is 47.1. The molecule has 3 aromatic rings. The third-order valence-corrected chi connectivity index (χ3v) is 12.8. The first-order chi connectivity index (χ1) is 30.4. The number of aromatic nitrogens is 2. The van der Waals surface area contributed by atoms with Crippen molar-refractivity contribution in [3.8, 4) is 0 Å². The summed E-state index contributed by atoms with van der Waals surface area (Å²) in [5, 5.41) is 14.1. The highest BCUT2D eigenvalue weighted by atomic mass is 32.2. The maximum absolute atomic E-state index is 14.1. The number of nitrogens with zero attached hydrogens (tertiary/aromatic N) is 3. The number of benzene rings is 2. The van der Waals surface area contributed by atoms with E-state index in [9.17, 15) is 42.0 Å². The van der Waals surface area contributed by atoms with Crippen molar-refractivity contribution in [2.45, 2.75) is 121 Å². The van der Waals surface area contributed by atoms with Gasteiger partial charge in [0.05, 0.1) is 23.7 Å². The lowest BCUT2D eigenvalue weighted by molar-refractivity contribution is -0.141. The summed E-state index contributed by atoms with van der Waals surface area (Å²) >= 11 is 0. The molecule has 1 aromatic heterocycles. The van der Waals surface area contributed by atoms with Gasteiger partial charge in [0.1, 0.15) is 23.8 Å². The molecule has 6 amide bonds. The van der Waals surface area contributed by atoms with Gasteiger partial charge >= 0.3 is 0 Å². The standard InChI is InChI=1S/C45H63N9O9S/c1-8-28(5)39(52-42(58)33(23-27(3)4)50-43(59)35-25-46-21-22-47-35)44(60)51-34(24-29-15-11-10-12-16-29)41(57)49-32(9-2)40(56)45(61)48-26-38(55)53-64(62,63)37-20-14-17-30-31(37)18-13-19-36(30)54(6)7/h13-14,17-22,25,27-29,32-34,39H,8-12,15-16,23-24,26H2,1-7H3,(H,48,61)(H,49,57)(H,50,59)(H,51,60)(H,52,58)(H,53,55)/t28-,32?,33-,34-,39-/m0/s1. The summed E-state index contributed by atoms with van der Waals surface area (Å²) in [7, 11) is -0.768. The van der Waals surface area contributed by atoms with E-state index in [2.05, 4.69) is 36.6 Å². The van der Waals surface area contributed by atoms with Gasteiger partial charge in [0, 0.05) is 42.9 Å². The Kier molecular flexibility index (Phi) is 18.7. The number of hydrogen-bond acceptors (Lipinski definition) is 12. The van der Waals surface area contributed by atoms with Crippen molar-refractivity contribution in [3.63, 3.8) is 0 Å². The molecular weight excluding hydrogens is 843 g/mol. The summed E-state index contributed by atoms with van der Waals surface area (Å²) in [6.45, 7) is 8.12. The van der Waals surface area contributed by atoms with Crippen LogP contribution in [-0.4, -0.2) is 104 Å². The predicted octanol–water partition coefficient (Wildman–Crippen LogP) is 2.91. The summed E-state index contributed by atoms with van der Waals surface area (Å²) < 4.78 is 28.6. The van der Waals surface area contributed by atoms with Crippen molar-refractivity contribution in [1.29, 1.82) is 0 Å². The van der Waals surface area contributed by atoms with E-state index in [1.54, 1.807) is 38.1 Å². The molecule has 5 atom stereocenters. The van der Waals surface area contributed by atoms with Crippen molar-refractivity contribution in [2.75, 3.05) is 25.5 Å². The minimum atomic E-state index is -4.40. The van der Waals surface area contributed by atoms with Crippen LogP contribution in [-0.2, 0) is 38.8 Å². The number of Topliss-reactive ketones (excluding diaryl/α,β-unsaturated/α-hetero) is 1. The molecule has 1 saturated carbocycles. The molecule has 19 heteroatoms. The molecule has 0 aliphatic heterocycles. The van der Waals surface area contributed by atoms with Gasteiger partial charge in [-0.3, -0.25) is 38.5 Å². The number of fused-ring (bicyclic) bond motifs is 1. The minimum absolute atomic E-state index is 0.0141. The zero-order valence-corrected chi connectivity index (χ0v) is 38.5. The lowest BCUT2D eigenvalue weighted by Gasteiger charge is -2.31. The molecule has 1 aliphatic rings. The van der Waals surface area contributed by atoms with Crippen LogP contribution in [0.15, 0.2) is 59.9 Å². The van der Waals surface area contributed by atoms with E-state index in [1.165, 1.54) is 24.7 Å². The number of hydrogen-bond donors (Lipinski definition) is 6. The van der Waals surface area contributed by atoms with Crippen molar-refractivity contribution in [3.05, 3.63) is 60.7 Å². The number of sulfonamides is 1. The second-order valence-corrected chi connectivity index (χ2v) is 18.6. The average Bonchev–Trinajstić information content (AvgIpc) is 3.27. The highest BCUT2D eigenvalue weighted by molar-refractivity contribution is 7.90. The van der Waals surface area contributed by atoms with E-state index in [0.29, 0.717) is 17.2 Å². The van der Waals surface area contributed by atoms with Crippen molar-refractivity contribution < 1.29 is 42.0 Å². The molecular formula is C45H63N9O9S. The predicted molar refractivity (Wildman–Crippen MR) is 241 cm³/mol. The van der Waals surface area contributed by atoms with E-state index in [-0.39, 0.29) is 41.7 Å². The Morgan fingerprint density at radius 2 is 1.42 bits per heavy atom. The SMILES string of the molecule is CCC(NC(=O)[C@H](CC1CCCCC1)NC(=O)[C@@H](NC(=O)[C@H](CC(C)C)NC(=O)c1cnccn1)[C@@H](C)CC)C(=O)C(=O)NCC(=O)NS(=O)(=O)c1cccc2c(N(C)C)cccc12. The Hall–Kier alpha value is -5.98. The van der Waals surface area contributed by atoms with E-state index in [1.807, 2.05) is 50.6 Å². The van der Waals surface area contributed by atoms with Gasteiger partial charge in [-0.2, -0.15) is 0 Å². The molecule has 1 aliphatic carbocycles. The van der Waals surface area contributed by atoms with E-state index in [4.69, 9.17) is 0 Å². The molecule has 1 heterocycles. The van der Waals surface area contributed by atoms with Crippen LogP contribution in [0.2, 0.25) is 0 Å². The first-order valence-electron chi connectivity index (χ1n) is 21.9. The first kappa shape index (κ1) is 50.7. The summed E-state index contributed by atoms with van der Waals surface area (Å²) in [5.41, 5.74) is 0.784. The Balaban J connectivity index is 1.44. The number of rotatable bonds is 22. The summed E-state index contributed by atoms with van der Waals surface area (Å²) in [5.74, 6) is -6.30. The molecule has 0 spiro atoms. The van der Waals surface area contributed by atoms with E-state index in [0.717, 1.165) is 37.8 Å². The summed E-state index contributed by atoms with van der Waals surface area (Å²) in [6, 6.07) is 5.17. The van der Waals surface area contributed by atoms with Crippen LogP contribution in [0.25, 0.3) is 10.8 Å². The van der Waals surface area contributed by atoms with Gasteiger partial charge in [0.15, 0.2) is 0 Å². The van der Waals surface area contributed by atoms with Gasteiger partial charge < -0.3 is 31.5 Å². The zero-order valence-electron chi connectivity index (χ0n) is 37.7. The highest BCUT2D eigenvalue weighted by Crippen LogP contribution is 2.30. The fourth-order valence-electron chi connectivity index (χ4n) is 7.72. The van der Waals surface area contributed by atoms with Crippen molar-refractivity contribution in [1.82, 2.24) is 41.3 Å². The molecule has 0 radical (unpaired) electrons. The van der Waals surface area contributed by atoms with E-state index >= 15 is 0 Å². The lowest BCUT2D eigenvalue weighted by Crippen LogP contribution is -2.60. The third-order valence-electron chi connectivity index (χ3n) is 11.4. The molecule has 1 fully saturated rings. The Bertz CT molecular complexity index is 2250. The Labute approximate surface area is 375 Å². The molecule has 348 valence electrons. The van der Waals surface area contributed by atoms with Crippen LogP contribution in [0, 0.1) is 17.8 Å².